The van der Waals surface area contributed by atoms with E-state index in [9.17, 15) is 9.59 Å². The molecule has 0 aliphatic carbocycles. The summed E-state index contributed by atoms with van der Waals surface area (Å²) < 4.78 is 12.8. The first-order chi connectivity index (χ1) is 18.3. The molecule has 0 aliphatic rings. The van der Waals surface area contributed by atoms with Crippen molar-refractivity contribution in [2.75, 3.05) is 6.61 Å². The van der Waals surface area contributed by atoms with Gasteiger partial charge in [-0.15, -0.1) is 0 Å². The molecule has 0 aliphatic heterocycles. The lowest BCUT2D eigenvalue weighted by Crippen LogP contribution is -2.23. The number of hydrogen-bond donors (Lipinski definition) is 1. The molecule has 0 radical (unpaired) electrons. The molecule has 3 aromatic carbocycles. The Bertz CT molecular complexity index is 1400. The summed E-state index contributed by atoms with van der Waals surface area (Å²) >= 11 is 12.3. The third kappa shape index (κ3) is 7.15. The first-order valence-corrected chi connectivity index (χ1v) is 12.7. The van der Waals surface area contributed by atoms with Crippen LogP contribution in [0.5, 0.6) is 5.75 Å². The number of amides is 1. The minimum Gasteiger partial charge on any atom is -0.493 e. The van der Waals surface area contributed by atoms with Crippen LogP contribution in [0.25, 0.3) is 11.5 Å². The topological polar surface area (TPSA) is 92.9 Å². The van der Waals surface area contributed by atoms with Crippen LogP contribution in [-0.4, -0.2) is 33.0 Å². The van der Waals surface area contributed by atoms with Crippen molar-refractivity contribution >= 4 is 35.3 Å². The highest BCUT2D eigenvalue weighted by molar-refractivity contribution is 6.30. The molecule has 1 N–H and O–H groups in total. The largest absolute Gasteiger partial charge is 0.493 e. The van der Waals surface area contributed by atoms with Gasteiger partial charge < -0.3 is 14.3 Å². The van der Waals surface area contributed by atoms with Crippen LogP contribution in [0.4, 0.5) is 0 Å². The summed E-state index contributed by atoms with van der Waals surface area (Å²) in [7, 11) is 0. The molecule has 0 unspecified atom stereocenters. The van der Waals surface area contributed by atoms with Crippen molar-refractivity contribution in [3.63, 3.8) is 0 Å². The average molecular weight is 553 g/mol. The first-order valence-electron chi connectivity index (χ1n) is 12.0. The molecule has 0 fully saturated rings. The number of ether oxygens (including phenoxy) is 1. The molecule has 4 rings (SSSR count). The highest BCUT2D eigenvalue weighted by Gasteiger charge is 2.20. The second-order valence-corrected chi connectivity index (χ2v) is 9.50. The van der Waals surface area contributed by atoms with Crippen molar-refractivity contribution in [3.05, 3.63) is 106 Å². The summed E-state index contributed by atoms with van der Waals surface area (Å²) in [4.78, 5) is 29.0. The number of aromatic nitrogens is 1. The smallest absolute Gasteiger partial charge is 0.303 e. The van der Waals surface area contributed by atoms with Crippen LogP contribution >= 0.6 is 23.4 Å². The summed E-state index contributed by atoms with van der Waals surface area (Å²) in [5.74, 6) is 0.329. The molecular weight excluding hydrogens is 527 g/mol. The van der Waals surface area contributed by atoms with E-state index < -0.39 is 11.9 Å². The molecule has 0 atom stereocenters. The van der Waals surface area contributed by atoms with Gasteiger partial charge in [-0.1, -0.05) is 48.0 Å². The minimum absolute atomic E-state index is 0.116. The van der Waals surface area contributed by atoms with E-state index in [-0.39, 0.29) is 24.9 Å². The van der Waals surface area contributed by atoms with Gasteiger partial charge in [0.1, 0.15) is 11.5 Å². The standard InChI is InChI=1S/C29H26Cl2N2O5/c1-19-26(32-28(38-19)22-5-3-2-4-6-22)15-16-37-24-13-9-21(10-14-27(34)35)25(17-24)29(36)33(31)18-20-7-11-23(30)12-8-20/h2-9,11-13,17H,10,14-16,18H2,1H3,(H,34,35). The fourth-order valence-corrected chi connectivity index (χ4v) is 4.24. The molecule has 9 heteroatoms. The highest BCUT2D eigenvalue weighted by Crippen LogP contribution is 2.25. The van der Waals surface area contributed by atoms with Crippen molar-refractivity contribution < 1.29 is 23.8 Å². The lowest BCUT2D eigenvalue weighted by atomic mass is 10.0. The maximum Gasteiger partial charge on any atom is 0.303 e. The van der Waals surface area contributed by atoms with Gasteiger partial charge in [-0.3, -0.25) is 9.59 Å². The molecule has 0 saturated heterocycles. The summed E-state index contributed by atoms with van der Waals surface area (Å²) in [5, 5.41) is 9.72. The van der Waals surface area contributed by atoms with Crippen molar-refractivity contribution in [1.82, 2.24) is 9.40 Å². The number of aryl methyl sites for hydroxylation is 2. The Kier molecular flexibility index (Phi) is 9.05. The lowest BCUT2D eigenvalue weighted by molar-refractivity contribution is -0.136. The van der Waals surface area contributed by atoms with E-state index in [0.717, 1.165) is 21.2 Å². The number of rotatable bonds is 11. The number of carboxylic acid groups (broad SMARTS) is 1. The van der Waals surface area contributed by atoms with Crippen LogP contribution in [-0.2, 0) is 24.2 Å². The van der Waals surface area contributed by atoms with Crippen molar-refractivity contribution in [2.45, 2.75) is 32.7 Å². The SMILES string of the molecule is Cc1oc(-c2ccccc2)nc1CCOc1ccc(CCC(=O)O)c(C(=O)N(Cl)Cc2ccc(Cl)cc2)c1. The predicted octanol–water partition coefficient (Wildman–Crippen LogP) is 6.74. The number of benzene rings is 3. The maximum absolute atomic E-state index is 13.3. The van der Waals surface area contributed by atoms with Crippen LogP contribution in [0.2, 0.25) is 5.02 Å². The van der Waals surface area contributed by atoms with E-state index in [1.54, 1.807) is 42.5 Å². The molecule has 0 bridgehead atoms. The van der Waals surface area contributed by atoms with Crippen molar-refractivity contribution in [3.8, 4) is 17.2 Å². The first kappa shape index (κ1) is 27.2. The summed E-state index contributed by atoms with van der Waals surface area (Å²) in [5.41, 5.74) is 3.35. The second kappa shape index (κ2) is 12.6. The molecule has 4 aromatic rings. The van der Waals surface area contributed by atoms with E-state index in [0.29, 0.717) is 41.0 Å². The Balaban J connectivity index is 1.46. The Morgan fingerprint density at radius 1 is 1.03 bits per heavy atom. The second-order valence-electron chi connectivity index (χ2n) is 8.65. The highest BCUT2D eigenvalue weighted by atomic mass is 35.5. The molecule has 1 amide bonds. The van der Waals surface area contributed by atoms with Gasteiger partial charge in [-0.05, 0) is 60.9 Å². The predicted molar refractivity (Wildman–Crippen MR) is 145 cm³/mol. The van der Waals surface area contributed by atoms with Crippen LogP contribution in [0.3, 0.4) is 0 Å². The number of carbonyl (C=O) groups is 2. The fourth-order valence-electron chi connectivity index (χ4n) is 3.89. The summed E-state index contributed by atoms with van der Waals surface area (Å²) in [6, 6.07) is 21.7. The van der Waals surface area contributed by atoms with Gasteiger partial charge in [0.2, 0.25) is 5.89 Å². The van der Waals surface area contributed by atoms with E-state index in [4.69, 9.17) is 37.6 Å². The zero-order valence-electron chi connectivity index (χ0n) is 20.7. The molecular formula is C29H26Cl2N2O5. The van der Waals surface area contributed by atoms with Gasteiger partial charge >= 0.3 is 5.97 Å². The van der Waals surface area contributed by atoms with E-state index in [2.05, 4.69) is 4.98 Å². The quantitative estimate of drug-likeness (QED) is 0.207. The van der Waals surface area contributed by atoms with Crippen LogP contribution < -0.4 is 4.74 Å². The normalized spacial score (nSPS) is 10.8. The van der Waals surface area contributed by atoms with Crippen molar-refractivity contribution in [1.29, 1.82) is 0 Å². The van der Waals surface area contributed by atoms with E-state index in [1.807, 2.05) is 37.3 Å². The Labute approximate surface area is 230 Å². The monoisotopic (exact) mass is 552 g/mol. The number of aliphatic carboxylic acids is 1. The van der Waals surface area contributed by atoms with Gasteiger partial charge in [0, 0.05) is 40.8 Å². The number of nitrogens with zero attached hydrogens (tertiary/aromatic N) is 2. The number of carboxylic acids is 1. The average Bonchev–Trinajstić information content (AvgIpc) is 3.29. The lowest BCUT2D eigenvalue weighted by Gasteiger charge is -2.17. The third-order valence-corrected chi connectivity index (χ3v) is 6.42. The van der Waals surface area contributed by atoms with Gasteiger partial charge in [0.05, 0.1) is 18.8 Å². The molecule has 1 heterocycles. The number of carbonyl (C=O) groups excluding carboxylic acids is 1. The van der Waals surface area contributed by atoms with Gasteiger partial charge in [-0.25, -0.2) is 9.40 Å². The zero-order valence-corrected chi connectivity index (χ0v) is 22.2. The third-order valence-electron chi connectivity index (χ3n) is 5.90. The van der Waals surface area contributed by atoms with Crippen LogP contribution in [0.1, 0.15) is 39.4 Å². The van der Waals surface area contributed by atoms with Crippen molar-refractivity contribution in [2.24, 2.45) is 0 Å². The Hall–Kier alpha value is -3.81. The number of halogens is 2. The van der Waals surface area contributed by atoms with Crippen LogP contribution in [0.15, 0.2) is 77.2 Å². The zero-order chi connectivity index (χ0) is 27.1. The van der Waals surface area contributed by atoms with E-state index in [1.165, 1.54) is 0 Å². The van der Waals surface area contributed by atoms with Gasteiger partial charge in [-0.2, -0.15) is 0 Å². The van der Waals surface area contributed by atoms with Gasteiger partial charge in [0.15, 0.2) is 0 Å². The molecule has 38 heavy (non-hydrogen) atoms. The Morgan fingerprint density at radius 2 is 1.76 bits per heavy atom. The maximum atomic E-state index is 13.3. The Morgan fingerprint density at radius 3 is 2.47 bits per heavy atom. The summed E-state index contributed by atoms with van der Waals surface area (Å²) in [6.45, 7) is 2.31. The minimum atomic E-state index is -0.953. The van der Waals surface area contributed by atoms with Crippen LogP contribution in [0, 0.1) is 6.92 Å². The molecule has 1 aromatic heterocycles. The summed E-state index contributed by atoms with van der Waals surface area (Å²) in [6.07, 6.45) is 0.572. The van der Waals surface area contributed by atoms with Gasteiger partial charge in [0.25, 0.3) is 5.91 Å². The molecule has 196 valence electrons. The molecule has 0 spiro atoms. The number of hydrogen-bond acceptors (Lipinski definition) is 5. The number of oxazole rings is 1. The molecule has 7 nitrogen and oxygen atoms in total. The fraction of sp³-hybridized carbons (Fsp3) is 0.207. The molecule has 0 saturated carbocycles. The van der Waals surface area contributed by atoms with E-state index >= 15 is 0 Å².